The standard InChI is InChI=1S/C36H55N3O7/c1-25(2)35(37)36(40)46-24-30-18-38-19-33(34(30)29-10-7-27(8-11-29)22-43-21-26(3)20-42-5)45-23-28-9-12-32-31(17-28)39(14-16-44-32)13-6-15-41-4/h7-12,17,25-26,30,33-35,38H,6,13-16,18-24,37H2,1-5H3/t26-,30-,33-,34-,35-/m0/s1. The van der Waals surface area contributed by atoms with Crippen LogP contribution in [0.25, 0.3) is 0 Å². The fraction of sp³-hybridized carbons (Fsp3) is 0.639. The fourth-order valence-electron chi connectivity index (χ4n) is 6.13. The second kappa shape index (κ2) is 18.6. The average Bonchev–Trinajstić information content (AvgIpc) is 3.06. The summed E-state index contributed by atoms with van der Waals surface area (Å²) in [5, 5.41) is 3.52. The predicted molar refractivity (Wildman–Crippen MR) is 179 cm³/mol. The zero-order valence-corrected chi connectivity index (χ0v) is 28.4. The summed E-state index contributed by atoms with van der Waals surface area (Å²) in [6, 6.07) is 14.2. The van der Waals surface area contributed by atoms with Gasteiger partial charge in [-0.15, -0.1) is 0 Å². The van der Waals surface area contributed by atoms with Crippen LogP contribution in [0.2, 0.25) is 0 Å². The van der Waals surface area contributed by atoms with Crippen LogP contribution in [0.15, 0.2) is 42.5 Å². The molecule has 10 nitrogen and oxygen atoms in total. The summed E-state index contributed by atoms with van der Waals surface area (Å²) in [7, 11) is 3.45. The number of benzene rings is 2. The van der Waals surface area contributed by atoms with Crippen LogP contribution in [0, 0.1) is 17.8 Å². The molecule has 5 atom stereocenters. The van der Waals surface area contributed by atoms with E-state index in [1.807, 2.05) is 19.9 Å². The number of anilines is 1. The Labute approximate surface area is 275 Å². The second-order valence-corrected chi connectivity index (χ2v) is 13.0. The van der Waals surface area contributed by atoms with E-state index in [0.29, 0.717) is 52.0 Å². The van der Waals surface area contributed by atoms with Crippen molar-refractivity contribution in [3.05, 3.63) is 59.2 Å². The first-order valence-electron chi connectivity index (χ1n) is 16.7. The molecule has 256 valence electrons. The number of fused-ring (bicyclic) bond motifs is 1. The number of hydrogen-bond acceptors (Lipinski definition) is 10. The number of nitrogens with one attached hydrogen (secondary N) is 1. The molecule has 46 heavy (non-hydrogen) atoms. The summed E-state index contributed by atoms with van der Waals surface area (Å²) < 4.78 is 34.8. The summed E-state index contributed by atoms with van der Waals surface area (Å²) in [6.45, 7) is 13.1. The Balaban J connectivity index is 1.47. The van der Waals surface area contributed by atoms with Gasteiger partial charge in [-0.2, -0.15) is 0 Å². The minimum absolute atomic E-state index is 0.00836. The molecule has 2 aromatic carbocycles. The van der Waals surface area contributed by atoms with Gasteiger partial charge in [0.1, 0.15) is 18.4 Å². The molecule has 0 aromatic heterocycles. The molecule has 4 rings (SSSR count). The Morgan fingerprint density at radius 1 is 1.02 bits per heavy atom. The lowest BCUT2D eigenvalue weighted by Crippen LogP contribution is -2.49. The normalized spacial score (nSPS) is 21.0. The van der Waals surface area contributed by atoms with E-state index in [1.165, 1.54) is 0 Å². The molecule has 2 aliphatic rings. The predicted octanol–water partition coefficient (Wildman–Crippen LogP) is 4.14. The van der Waals surface area contributed by atoms with E-state index in [1.54, 1.807) is 14.2 Å². The minimum atomic E-state index is -0.644. The van der Waals surface area contributed by atoms with Crippen molar-refractivity contribution in [1.82, 2.24) is 5.32 Å². The topological polar surface area (TPSA) is 114 Å². The van der Waals surface area contributed by atoms with Crippen LogP contribution in [0.4, 0.5) is 5.69 Å². The molecule has 0 amide bonds. The van der Waals surface area contributed by atoms with E-state index >= 15 is 0 Å². The van der Waals surface area contributed by atoms with Gasteiger partial charge in [-0.25, -0.2) is 0 Å². The van der Waals surface area contributed by atoms with Gasteiger partial charge in [0.25, 0.3) is 0 Å². The van der Waals surface area contributed by atoms with Crippen LogP contribution in [0.1, 0.15) is 49.8 Å². The van der Waals surface area contributed by atoms with E-state index in [9.17, 15) is 4.79 Å². The summed E-state index contributed by atoms with van der Waals surface area (Å²) in [4.78, 5) is 15.0. The van der Waals surface area contributed by atoms with Crippen molar-refractivity contribution >= 4 is 11.7 Å². The first-order valence-corrected chi connectivity index (χ1v) is 16.7. The molecular formula is C36H55N3O7. The van der Waals surface area contributed by atoms with Gasteiger partial charge in [0.2, 0.25) is 0 Å². The van der Waals surface area contributed by atoms with E-state index in [0.717, 1.165) is 54.2 Å². The molecule has 2 heterocycles. The maximum absolute atomic E-state index is 12.7. The van der Waals surface area contributed by atoms with Crippen molar-refractivity contribution in [2.45, 2.75) is 58.5 Å². The van der Waals surface area contributed by atoms with E-state index < -0.39 is 6.04 Å². The highest BCUT2D eigenvalue weighted by Crippen LogP contribution is 2.36. The number of nitrogens with two attached hydrogens (primary N) is 1. The third kappa shape index (κ3) is 10.4. The molecule has 3 N–H and O–H groups in total. The lowest BCUT2D eigenvalue weighted by molar-refractivity contribution is -0.148. The number of piperidine rings is 1. The minimum Gasteiger partial charge on any atom is -0.490 e. The summed E-state index contributed by atoms with van der Waals surface area (Å²) >= 11 is 0. The maximum Gasteiger partial charge on any atom is 0.323 e. The number of ether oxygens (including phenoxy) is 6. The highest BCUT2D eigenvalue weighted by Gasteiger charge is 2.36. The molecule has 0 unspecified atom stereocenters. The number of carbonyl (C=O) groups is 1. The zero-order valence-electron chi connectivity index (χ0n) is 28.4. The number of esters is 1. The second-order valence-electron chi connectivity index (χ2n) is 13.0. The van der Waals surface area contributed by atoms with Crippen molar-refractivity contribution in [3.8, 4) is 5.75 Å². The average molecular weight is 642 g/mol. The van der Waals surface area contributed by atoms with Crippen molar-refractivity contribution in [3.63, 3.8) is 0 Å². The van der Waals surface area contributed by atoms with Crippen molar-refractivity contribution < 1.29 is 33.2 Å². The first kappa shape index (κ1) is 36.1. The number of rotatable bonds is 18. The Morgan fingerprint density at radius 2 is 1.80 bits per heavy atom. The van der Waals surface area contributed by atoms with Gasteiger partial charge in [-0.05, 0) is 41.2 Å². The largest absolute Gasteiger partial charge is 0.490 e. The number of carbonyl (C=O) groups excluding carboxylic acids is 1. The van der Waals surface area contributed by atoms with Crippen molar-refractivity contribution in [2.24, 2.45) is 23.5 Å². The van der Waals surface area contributed by atoms with E-state index in [2.05, 4.69) is 53.5 Å². The number of nitrogens with zero attached hydrogens (tertiary/aromatic N) is 1. The number of hydrogen-bond donors (Lipinski definition) is 2. The molecule has 0 radical (unpaired) electrons. The highest BCUT2D eigenvalue weighted by molar-refractivity contribution is 5.75. The first-order chi connectivity index (χ1) is 22.3. The van der Waals surface area contributed by atoms with Crippen molar-refractivity contribution in [2.75, 3.05) is 78.3 Å². The maximum atomic E-state index is 12.7. The molecular weight excluding hydrogens is 586 g/mol. The number of methoxy groups -OCH3 is 2. The van der Waals surface area contributed by atoms with Crippen LogP contribution in [0.5, 0.6) is 5.75 Å². The summed E-state index contributed by atoms with van der Waals surface area (Å²) in [5.41, 5.74) is 10.5. The summed E-state index contributed by atoms with van der Waals surface area (Å²) in [6.07, 6.45) is 0.830. The molecule has 1 saturated heterocycles. The molecule has 0 aliphatic carbocycles. The SMILES string of the molecule is COCCCN1CCOc2ccc(CO[C@H]3CNC[C@@H](COC(=O)[C@@H](N)C(C)C)[C@@H]3c3ccc(COC[C@@H](C)COC)cc3)cc21. The summed E-state index contributed by atoms with van der Waals surface area (Å²) in [5.74, 6) is 0.932. The Morgan fingerprint density at radius 3 is 2.54 bits per heavy atom. The van der Waals surface area contributed by atoms with E-state index in [-0.39, 0.29) is 36.4 Å². The van der Waals surface area contributed by atoms with Gasteiger partial charge in [-0.3, -0.25) is 4.79 Å². The van der Waals surface area contributed by atoms with Crippen LogP contribution in [-0.2, 0) is 41.7 Å². The molecule has 0 bridgehead atoms. The van der Waals surface area contributed by atoms with Gasteiger partial charge in [0, 0.05) is 58.2 Å². The van der Waals surface area contributed by atoms with Gasteiger partial charge < -0.3 is 44.4 Å². The lowest BCUT2D eigenvalue weighted by atomic mass is 9.79. The fourth-order valence-corrected chi connectivity index (χ4v) is 6.13. The van der Waals surface area contributed by atoms with Crippen molar-refractivity contribution in [1.29, 1.82) is 0 Å². The Kier molecular flexibility index (Phi) is 14.6. The molecule has 0 saturated carbocycles. The van der Waals surface area contributed by atoms with Crippen LogP contribution in [0.3, 0.4) is 0 Å². The molecule has 1 fully saturated rings. The monoisotopic (exact) mass is 641 g/mol. The zero-order chi connectivity index (χ0) is 32.9. The van der Waals surface area contributed by atoms with Crippen LogP contribution >= 0.6 is 0 Å². The molecule has 2 aromatic rings. The van der Waals surface area contributed by atoms with E-state index in [4.69, 9.17) is 34.2 Å². The Hall–Kier alpha value is -2.73. The van der Waals surface area contributed by atoms with Gasteiger partial charge in [-0.1, -0.05) is 51.1 Å². The third-order valence-electron chi connectivity index (χ3n) is 8.80. The smallest absolute Gasteiger partial charge is 0.323 e. The van der Waals surface area contributed by atoms with Crippen LogP contribution < -0.4 is 20.7 Å². The lowest BCUT2D eigenvalue weighted by Gasteiger charge is -2.39. The van der Waals surface area contributed by atoms with Crippen LogP contribution in [-0.4, -0.2) is 91.5 Å². The molecule has 10 heteroatoms. The quantitative estimate of drug-likeness (QED) is 0.182. The molecule has 0 spiro atoms. The molecule has 2 aliphatic heterocycles. The van der Waals surface area contributed by atoms with Gasteiger partial charge in [0.05, 0.1) is 51.4 Å². The third-order valence-corrected chi connectivity index (χ3v) is 8.80. The Bertz CT molecular complexity index is 1190. The van der Waals surface area contributed by atoms with Gasteiger partial charge in [0.15, 0.2) is 0 Å². The van der Waals surface area contributed by atoms with Gasteiger partial charge >= 0.3 is 5.97 Å². The highest BCUT2D eigenvalue weighted by atomic mass is 16.5.